The summed E-state index contributed by atoms with van der Waals surface area (Å²) in [6, 6.07) is 5.26. The number of aliphatic imine (C=N–C) groups is 1. The highest BCUT2D eigenvalue weighted by molar-refractivity contribution is 7.09. The molecule has 1 fully saturated rings. The summed E-state index contributed by atoms with van der Waals surface area (Å²) in [6.07, 6.45) is -2.31. The van der Waals surface area contributed by atoms with E-state index < -0.39 is 6.36 Å². The number of hydrogen-bond donors (Lipinski definition) is 2. The zero-order valence-corrected chi connectivity index (χ0v) is 13.3. The Bertz CT molecular complexity index is 723. The number of nitrogens with zero attached hydrogens (tertiary/aromatic N) is 2. The molecule has 0 saturated heterocycles. The van der Waals surface area contributed by atoms with Crippen LogP contribution in [0.25, 0.3) is 0 Å². The lowest BCUT2D eigenvalue weighted by Crippen LogP contribution is -2.22. The monoisotopic (exact) mass is 356 g/mol. The van der Waals surface area contributed by atoms with Crippen LogP contribution in [-0.2, 0) is 6.54 Å². The highest BCUT2D eigenvalue weighted by atomic mass is 32.1. The van der Waals surface area contributed by atoms with Crippen molar-refractivity contribution in [2.24, 2.45) is 10.7 Å². The summed E-state index contributed by atoms with van der Waals surface area (Å²) < 4.78 is 40.1. The predicted molar refractivity (Wildman–Crippen MR) is 86.2 cm³/mol. The number of nitrogens with one attached hydrogen (secondary N) is 1. The van der Waals surface area contributed by atoms with E-state index in [1.54, 1.807) is 11.3 Å². The van der Waals surface area contributed by atoms with Gasteiger partial charge in [-0.1, -0.05) is 0 Å². The molecule has 1 aliphatic carbocycles. The second kappa shape index (κ2) is 6.68. The molecule has 2 aromatic rings. The van der Waals surface area contributed by atoms with Crippen molar-refractivity contribution >= 4 is 23.0 Å². The lowest BCUT2D eigenvalue weighted by molar-refractivity contribution is -0.274. The van der Waals surface area contributed by atoms with Crippen LogP contribution >= 0.6 is 11.3 Å². The van der Waals surface area contributed by atoms with E-state index in [0.717, 1.165) is 10.7 Å². The third-order valence-corrected chi connectivity index (χ3v) is 4.16. The van der Waals surface area contributed by atoms with Crippen LogP contribution in [0.2, 0.25) is 0 Å². The van der Waals surface area contributed by atoms with Crippen molar-refractivity contribution in [1.29, 1.82) is 0 Å². The Balaban J connectivity index is 1.54. The van der Waals surface area contributed by atoms with Gasteiger partial charge in [-0.15, -0.1) is 24.5 Å². The van der Waals surface area contributed by atoms with Crippen LogP contribution in [0.4, 0.5) is 18.9 Å². The van der Waals surface area contributed by atoms with E-state index in [-0.39, 0.29) is 11.7 Å². The van der Waals surface area contributed by atoms with Crippen molar-refractivity contribution in [1.82, 2.24) is 4.98 Å². The summed E-state index contributed by atoms with van der Waals surface area (Å²) in [4.78, 5) is 8.69. The first-order chi connectivity index (χ1) is 11.4. The number of anilines is 1. The van der Waals surface area contributed by atoms with Crippen molar-refractivity contribution in [3.63, 3.8) is 0 Å². The fraction of sp³-hybridized carbons (Fsp3) is 0.333. The molecule has 3 rings (SSSR count). The van der Waals surface area contributed by atoms with Gasteiger partial charge in [0.1, 0.15) is 10.8 Å². The quantitative estimate of drug-likeness (QED) is 0.631. The standard InChI is InChI=1S/C15H15F3N4OS/c16-15(17,18)23-11-5-3-10(4-6-11)21-14(19)20-7-13-22-12(8-24-13)9-1-2-9/h3-6,8-9H,1-2,7H2,(H3,19,20,21). The predicted octanol–water partition coefficient (Wildman–Crippen LogP) is 3.85. The molecule has 0 atom stereocenters. The molecule has 0 spiro atoms. The average molecular weight is 356 g/mol. The van der Waals surface area contributed by atoms with E-state index in [1.165, 1.54) is 37.1 Å². The Morgan fingerprint density at radius 2 is 2.04 bits per heavy atom. The third kappa shape index (κ3) is 4.85. The lowest BCUT2D eigenvalue weighted by atomic mass is 10.3. The minimum absolute atomic E-state index is 0.169. The van der Waals surface area contributed by atoms with Crippen LogP contribution in [0, 0.1) is 0 Å². The summed E-state index contributed by atoms with van der Waals surface area (Å²) in [5.74, 6) is 0.480. The number of guanidine groups is 1. The van der Waals surface area contributed by atoms with E-state index in [4.69, 9.17) is 5.73 Å². The molecule has 0 unspecified atom stereocenters. The van der Waals surface area contributed by atoms with Gasteiger partial charge in [0.05, 0.1) is 12.2 Å². The second-order valence-corrected chi connectivity index (χ2v) is 6.28. The zero-order chi connectivity index (χ0) is 17.2. The Labute approximate surface area is 140 Å². The SMILES string of the molecule is NC(=NCc1nc(C2CC2)cs1)Nc1ccc(OC(F)(F)F)cc1. The molecule has 128 valence electrons. The summed E-state index contributed by atoms with van der Waals surface area (Å²) in [5, 5.41) is 5.74. The van der Waals surface area contributed by atoms with Crippen molar-refractivity contribution in [2.45, 2.75) is 31.7 Å². The topological polar surface area (TPSA) is 72.5 Å². The number of halogens is 3. The number of aromatic nitrogens is 1. The van der Waals surface area contributed by atoms with E-state index in [2.05, 4.69) is 20.0 Å². The second-order valence-electron chi connectivity index (χ2n) is 5.34. The summed E-state index contributed by atoms with van der Waals surface area (Å²) in [5.41, 5.74) is 7.42. The molecule has 1 aromatic carbocycles. The first-order valence-electron chi connectivity index (χ1n) is 7.26. The Morgan fingerprint density at radius 1 is 1.33 bits per heavy atom. The first-order valence-corrected chi connectivity index (χ1v) is 8.14. The van der Waals surface area contributed by atoms with Gasteiger partial charge in [-0.2, -0.15) is 0 Å². The Morgan fingerprint density at radius 3 is 2.67 bits per heavy atom. The number of ether oxygens (including phenoxy) is 1. The molecule has 1 aromatic heterocycles. The number of thiazole rings is 1. The van der Waals surface area contributed by atoms with Crippen LogP contribution in [-0.4, -0.2) is 17.3 Å². The highest BCUT2D eigenvalue weighted by Crippen LogP contribution is 2.40. The minimum Gasteiger partial charge on any atom is -0.406 e. The lowest BCUT2D eigenvalue weighted by Gasteiger charge is -2.10. The molecule has 9 heteroatoms. The van der Waals surface area contributed by atoms with Crippen LogP contribution in [0.15, 0.2) is 34.6 Å². The maximum Gasteiger partial charge on any atom is 0.573 e. The molecule has 5 nitrogen and oxygen atoms in total. The number of rotatable bonds is 5. The van der Waals surface area contributed by atoms with Crippen molar-refractivity contribution in [2.75, 3.05) is 5.32 Å². The molecule has 0 amide bonds. The van der Waals surface area contributed by atoms with Crippen molar-refractivity contribution in [3.8, 4) is 5.75 Å². The maximum absolute atomic E-state index is 12.1. The fourth-order valence-corrected chi connectivity index (χ4v) is 2.84. The summed E-state index contributed by atoms with van der Waals surface area (Å²) in [6.45, 7) is 0.367. The summed E-state index contributed by atoms with van der Waals surface area (Å²) >= 11 is 1.55. The number of nitrogens with two attached hydrogens (primary N) is 1. The number of benzene rings is 1. The van der Waals surface area contributed by atoms with Gasteiger partial charge in [0.25, 0.3) is 0 Å². The van der Waals surface area contributed by atoms with Gasteiger partial charge in [-0.05, 0) is 37.1 Å². The fourth-order valence-electron chi connectivity index (χ4n) is 2.04. The highest BCUT2D eigenvalue weighted by Gasteiger charge is 2.31. The molecular formula is C15H15F3N4OS. The van der Waals surface area contributed by atoms with Crippen LogP contribution in [0.1, 0.15) is 29.5 Å². The van der Waals surface area contributed by atoms with Crippen molar-refractivity contribution < 1.29 is 17.9 Å². The van der Waals surface area contributed by atoms with E-state index in [1.807, 2.05) is 5.38 Å². The number of alkyl halides is 3. The molecule has 0 radical (unpaired) electrons. The van der Waals surface area contributed by atoms with E-state index >= 15 is 0 Å². The maximum atomic E-state index is 12.1. The molecule has 0 bridgehead atoms. The normalized spacial score (nSPS) is 15.4. The average Bonchev–Trinajstić information content (AvgIpc) is 3.25. The van der Waals surface area contributed by atoms with E-state index in [9.17, 15) is 13.2 Å². The third-order valence-electron chi connectivity index (χ3n) is 3.31. The van der Waals surface area contributed by atoms with Crippen LogP contribution in [0.5, 0.6) is 5.75 Å². The molecular weight excluding hydrogens is 341 g/mol. The van der Waals surface area contributed by atoms with E-state index in [0.29, 0.717) is 18.2 Å². The van der Waals surface area contributed by atoms with Crippen molar-refractivity contribution in [3.05, 3.63) is 40.3 Å². The van der Waals surface area contributed by atoms with Crippen LogP contribution in [0.3, 0.4) is 0 Å². The van der Waals surface area contributed by atoms with Gasteiger partial charge in [-0.3, -0.25) is 0 Å². The van der Waals surface area contributed by atoms with Gasteiger partial charge in [0.15, 0.2) is 5.96 Å². The Hall–Kier alpha value is -2.29. The van der Waals surface area contributed by atoms with Gasteiger partial charge in [0, 0.05) is 17.0 Å². The van der Waals surface area contributed by atoms with Crippen LogP contribution < -0.4 is 15.8 Å². The summed E-state index contributed by atoms with van der Waals surface area (Å²) in [7, 11) is 0. The largest absolute Gasteiger partial charge is 0.573 e. The minimum atomic E-state index is -4.71. The molecule has 1 aliphatic rings. The van der Waals surface area contributed by atoms with Gasteiger partial charge in [0.2, 0.25) is 0 Å². The number of hydrogen-bond acceptors (Lipinski definition) is 4. The van der Waals surface area contributed by atoms with Gasteiger partial charge in [-0.25, -0.2) is 9.98 Å². The van der Waals surface area contributed by atoms with Gasteiger partial charge < -0.3 is 15.8 Å². The molecule has 1 heterocycles. The zero-order valence-electron chi connectivity index (χ0n) is 12.5. The molecule has 3 N–H and O–H groups in total. The Kier molecular flexibility index (Phi) is 4.61. The smallest absolute Gasteiger partial charge is 0.406 e. The molecule has 24 heavy (non-hydrogen) atoms. The molecule has 0 aliphatic heterocycles. The first kappa shape index (κ1) is 16.6. The molecule has 1 saturated carbocycles. The van der Waals surface area contributed by atoms with Gasteiger partial charge >= 0.3 is 6.36 Å².